The highest BCUT2D eigenvalue weighted by atomic mass is 35.5. The predicted molar refractivity (Wildman–Crippen MR) is 102 cm³/mol. The van der Waals surface area contributed by atoms with Crippen molar-refractivity contribution in [1.29, 1.82) is 5.26 Å². The maximum atomic E-state index is 12.2. The zero-order valence-electron chi connectivity index (χ0n) is 14.1. The van der Waals surface area contributed by atoms with Crippen LogP contribution in [0.1, 0.15) is 0 Å². The van der Waals surface area contributed by atoms with Crippen molar-refractivity contribution in [3.63, 3.8) is 0 Å². The fourth-order valence-corrected chi connectivity index (χ4v) is 2.76. The minimum absolute atomic E-state index is 0.0494. The fraction of sp³-hybridized carbons (Fsp3) is 0.0588. The first-order valence-corrected chi connectivity index (χ1v) is 9.31. The van der Waals surface area contributed by atoms with E-state index in [-0.39, 0.29) is 10.5 Å². The first-order chi connectivity index (χ1) is 12.7. The lowest BCUT2D eigenvalue weighted by Crippen LogP contribution is -2.14. The van der Waals surface area contributed by atoms with Crippen LogP contribution in [-0.2, 0) is 14.8 Å². The third-order valence-electron chi connectivity index (χ3n) is 3.34. The Labute approximate surface area is 161 Å². The molecule has 8 nitrogen and oxygen atoms in total. The van der Waals surface area contributed by atoms with Crippen LogP contribution in [0.25, 0.3) is 0 Å². The van der Waals surface area contributed by atoms with E-state index in [0.29, 0.717) is 22.1 Å². The molecule has 0 aromatic heterocycles. The van der Waals surface area contributed by atoms with Gasteiger partial charge in [0.1, 0.15) is 17.4 Å². The van der Waals surface area contributed by atoms with Gasteiger partial charge in [-0.05, 0) is 42.5 Å². The molecule has 0 aliphatic heterocycles. The number of carbonyl (C=O) groups is 1. The van der Waals surface area contributed by atoms with Gasteiger partial charge in [-0.15, -0.1) is 0 Å². The van der Waals surface area contributed by atoms with Crippen molar-refractivity contribution in [2.45, 2.75) is 4.90 Å². The third kappa shape index (κ3) is 5.46. The molecule has 0 saturated carbocycles. The Morgan fingerprint density at radius 3 is 2.37 bits per heavy atom. The second-order valence-corrected chi connectivity index (χ2v) is 7.16. The van der Waals surface area contributed by atoms with E-state index < -0.39 is 15.9 Å². The number of carbonyl (C=O) groups excluding carboxylic acids is 1. The summed E-state index contributed by atoms with van der Waals surface area (Å²) in [5, 5.41) is 19.8. The van der Waals surface area contributed by atoms with Crippen LogP contribution >= 0.6 is 11.6 Å². The normalized spacial score (nSPS) is 11.4. The summed E-state index contributed by atoms with van der Waals surface area (Å²) in [6.07, 6.45) is 1.20. The van der Waals surface area contributed by atoms with Gasteiger partial charge in [-0.2, -0.15) is 5.26 Å². The van der Waals surface area contributed by atoms with E-state index in [1.54, 1.807) is 18.2 Å². The summed E-state index contributed by atoms with van der Waals surface area (Å²) >= 11 is 5.99. The van der Waals surface area contributed by atoms with Crippen molar-refractivity contribution in [2.24, 2.45) is 5.14 Å². The molecule has 0 heterocycles. The minimum atomic E-state index is -3.79. The summed E-state index contributed by atoms with van der Waals surface area (Å²) in [6.45, 7) is 0. The van der Waals surface area contributed by atoms with E-state index in [1.165, 1.54) is 43.6 Å². The van der Waals surface area contributed by atoms with Crippen molar-refractivity contribution >= 4 is 38.9 Å². The van der Waals surface area contributed by atoms with Crippen molar-refractivity contribution in [2.75, 3.05) is 17.7 Å². The van der Waals surface area contributed by atoms with Gasteiger partial charge in [-0.3, -0.25) is 4.79 Å². The van der Waals surface area contributed by atoms with Gasteiger partial charge in [0.25, 0.3) is 5.91 Å². The Bertz CT molecular complexity index is 1030. The lowest BCUT2D eigenvalue weighted by atomic mass is 10.2. The number of methoxy groups -OCH3 is 1. The zero-order chi connectivity index (χ0) is 20.0. The maximum absolute atomic E-state index is 12.2. The molecule has 0 spiro atoms. The summed E-state index contributed by atoms with van der Waals surface area (Å²) in [4.78, 5) is 12.2. The third-order valence-corrected chi connectivity index (χ3v) is 4.57. The minimum Gasteiger partial charge on any atom is -0.495 e. The van der Waals surface area contributed by atoms with Crippen LogP contribution in [0.4, 0.5) is 11.4 Å². The quantitative estimate of drug-likeness (QED) is 0.498. The Kier molecular flexibility index (Phi) is 6.41. The molecule has 140 valence electrons. The molecule has 0 bridgehead atoms. The molecule has 1 amide bonds. The zero-order valence-corrected chi connectivity index (χ0v) is 15.6. The van der Waals surface area contributed by atoms with Gasteiger partial charge >= 0.3 is 0 Å². The molecule has 0 unspecified atom stereocenters. The Morgan fingerprint density at radius 1 is 1.22 bits per heavy atom. The van der Waals surface area contributed by atoms with E-state index in [1.807, 2.05) is 0 Å². The van der Waals surface area contributed by atoms with Gasteiger partial charge in [0.15, 0.2) is 0 Å². The SMILES string of the molecule is COc1ccc(NC(=O)/C(C#N)=C\Nc2ccc(S(N)(=O)=O)cc2)cc1Cl. The lowest BCUT2D eigenvalue weighted by molar-refractivity contribution is -0.112. The number of nitrogens with one attached hydrogen (secondary N) is 2. The van der Waals surface area contributed by atoms with Gasteiger partial charge in [0.05, 0.1) is 17.0 Å². The van der Waals surface area contributed by atoms with E-state index in [4.69, 9.17) is 21.5 Å². The number of benzene rings is 2. The van der Waals surface area contributed by atoms with Crippen LogP contribution in [-0.4, -0.2) is 21.4 Å². The molecule has 27 heavy (non-hydrogen) atoms. The highest BCUT2D eigenvalue weighted by Gasteiger charge is 2.11. The molecule has 2 aromatic rings. The summed E-state index contributed by atoms with van der Waals surface area (Å²) in [7, 11) is -2.32. The Balaban J connectivity index is 2.10. The second-order valence-electron chi connectivity index (χ2n) is 5.19. The molecule has 10 heteroatoms. The molecule has 2 aromatic carbocycles. The van der Waals surface area contributed by atoms with E-state index >= 15 is 0 Å². The molecule has 0 radical (unpaired) electrons. The molecular weight excluding hydrogens is 392 g/mol. The predicted octanol–water partition coefficient (Wildman–Crippen LogP) is 2.45. The Morgan fingerprint density at radius 2 is 1.85 bits per heavy atom. The van der Waals surface area contributed by atoms with Crippen LogP contribution in [0.3, 0.4) is 0 Å². The monoisotopic (exact) mass is 406 g/mol. The number of nitriles is 1. The molecule has 2 rings (SSSR count). The number of rotatable bonds is 6. The first kappa shape index (κ1) is 20.3. The number of sulfonamides is 1. The molecule has 0 fully saturated rings. The molecule has 0 aliphatic carbocycles. The summed E-state index contributed by atoms with van der Waals surface area (Å²) in [5.41, 5.74) is 0.664. The molecule has 0 aliphatic rings. The Hall–Kier alpha value is -3.06. The number of nitrogens with zero attached hydrogens (tertiary/aromatic N) is 1. The molecule has 0 saturated heterocycles. The van der Waals surface area contributed by atoms with Crippen LogP contribution < -0.4 is 20.5 Å². The van der Waals surface area contributed by atoms with Crippen molar-refractivity contribution in [3.05, 3.63) is 59.3 Å². The summed E-state index contributed by atoms with van der Waals surface area (Å²) in [5.74, 6) is -0.192. The van der Waals surface area contributed by atoms with Gasteiger partial charge in [0, 0.05) is 17.6 Å². The standard InChI is InChI=1S/C17H15ClN4O4S/c1-26-16-7-4-13(8-15(16)18)22-17(23)11(9-19)10-21-12-2-5-14(6-3-12)27(20,24)25/h2-8,10,21H,1H3,(H,22,23)(H2,20,24,25)/b11-10-. The fourth-order valence-electron chi connectivity index (χ4n) is 1.99. The number of ether oxygens (including phenoxy) is 1. The van der Waals surface area contributed by atoms with Gasteiger partial charge in [0.2, 0.25) is 10.0 Å². The van der Waals surface area contributed by atoms with Gasteiger partial charge in [-0.1, -0.05) is 11.6 Å². The highest BCUT2D eigenvalue weighted by Crippen LogP contribution is 2.27. The van der Waals surface area contributed by atoms with E-state index in [9.17, 15) is 18.5 Å². The van der Waals surface area contributed by atoms with Crippen LogP contribution in [0.15, 0.2) is 59.1 Å². The number of nitrogens with two attached hydrogens (primary N) is 1. The van der Waals surface area contributed by atoms with E-state index in [0.717, 1.165) is 0 Å². The molecular formula is C17H15ClN4O4S. The number of amides is 1. The van der Waals surface area contributed by atoms with Crippen molar-refractivity contribution in [3.8, 4) is 11.8 Å². The number of hydrogen-bond acceptors (Lipinski definition) is 6. The van der Waals surface area contributed by atoms with Crippen molar-refractivity contribution < 1.29 is 17.9 Å². The van der Waals surface area contributed by atoms with E-state index in [2.05, 4.69) is 10.6 Å². The molecule has 0 atom stereocenters. The smallest absolute Gasteiger partial charge is 0.267 e. The average Bonchev–Trinajstić information content (AvgIpc) is 2.62. The first-order valence-electron chi connectivity index (χ1n) is 7.39. The van der Waals surface area contributed by atoms with Crippen LogP contribution in [0, 0.1) is 11.3 Å². The van der Waals surface area contributed by atoms with Crippen LogP contribution in [0.2, 0.25) is 5.02 Å². The summed E-state index contributed by atoms with van der Waals surface area (Å²) < 4.78 is 27.5. The number of hydrogen-bond donors (Lipinski definition) is 3. The largest absolute Gasteiger partial charge is 0.495 e. The second kappa shape index (κ2) is 8.55. The number of primary sulfonamides is 1. The number of anilines is 2. The van der Waals surface area contributed by atoms with Gasteiger partial charge < -0.3 is 15.4 Å². The van der Waals surface area contributed by atoms with Crippen molar-refractivity contribution in [1.82, 2.24) is 0 Å². The summed E-state index contributed by atoms with van der Waals surface area (Å²) in [6, 6.07) is 11.9. The maximum Gasteiger partial charge on any atom is 0.267 e. The number of halogens is 1. The average molecular weight is 407 g/mol. The highest BCUT2D eigenvalue weighted by molar-refractivity contribution is 7.89. The van der Waals surface area contributed by atoms with Crippen LogP contribution in [0.5, 0.6) is 5.75 Å². The lowest BCUT2D eigenvalue weighted by Gasteiger charge is -2.08. The molecule has 4 N–H and O–H groups in total. The van der Waals surface area contributed by atoms with Gasteiger partial charge in [-0.25, -0.2) is 13.6 Å². The topological polar surface area (TPSA) is 134 Å².